The SMILES string of the molecule is CNCC(C)S(=O)(=O)c1ccccc1. The summed E-state index contributed by atoms with van der Waals surface area (Å²) in [6.07, 6.45) is 0. The fourth-order valence-corrected chi connectivity index (χ4v) is 2.63. The zero-order valence-corrected chi connectivity index (χ0v) is 9.21. The van der Waals surface area contributed by atoms with Crippen LogP contribution in [0.15, 0.2) is 35.2 Å². The summed E-state index contributed by atoms with van der Waals surface area (Å²) >= 11 is 0. The van der Waals surface area contributed by atoms with Crippen LogP contribution in [0.3, 0.4) is 0 Å². The average Bonchev–Trinajstić information content (AvgIpc) is 2.19. The second-order valence-electron chi connectivity index (χ2n) is 3.23. The third-order valence-electron chi connectivity index (χ3n) is 2.09. The number of rotatable bonds is 4. The smallest absolute Gasteiger partial charge is 0.182 e. The van der Waals surface area contributed by atoms with Crippen LogP contribution in [-0.2, 0) is 9.84 Å². The Morgan fingerprint density at radius 1 is 1.29 bits per heavy atom. The van der Waals surface area contributed by atoms with E-state index in [0.717, 1.165) is 0 Å². The molecule has 78 valence electrons. The molecule has 0 aromatic heterocycles. The molecule has 14 heavy (non-hydrogen) atoms. The van der Waals surface area contributed by atoms with Crippen molar-refractivity contribution in [1.29, 1.82) is 0 Å². The van der Waals surface area contributed by atoms with Gasteiger partial charge in [0, 0.05) is 6.54 Å². The normalized spacial score (nSPS) is 13.9. The van der Waals surface area contributed by atoms with E-state index in [9.17, 15) is 8.42 Å². The van der Waals surface area contributed by atoms with Crippen molar-refractivity contribution in [1.82, 2.24) is 5.32 Å². The summed E-state index contributed by atoms with van der Waals surface area (Å²) in [5, 5.41) is 2.47. The quantitative estimate of drug-likeness (QED) is 0.813. The van der Waals surface area contributed by atoms with E-state index in [1.165, 1.54) is 0 Å². The Hall–Kier alpha value is -0.870. The highest BCUT2D eigenvalue weighted by Crippen LogP contribution is 2.14. The molecule has 0 radical (unpaired) electrons. The van der Waals surface area contributed by atoms with Gasteiger partial charge in [0.2, 0.25) is 0 Å². The summed E-state index contributed by atoms with van der Waals surface area (Å²) in [5.41, 5.74) is 0. The number of hydrogen-bond acceptors (Lipinski definition) is 3. The maximum absolute atomic E-state index is 11.9. The molecule has 1 unspecified atom stereocenters. The lowest BCUT2D eigenvalue weighted by molar-refractivity contribution is 0.578. The van der Waals surface area contributed by atoms with E-state index in [0.29, 0.717) is 11.4 Å². The Labute approximate surface area is 85.1 Å². The Kier molecular flexibility index (Phi) is 3.66. The van der Waals surface area contributed by atoms with E-state index in [-0.39, 0.29) is 0 Å². The molecule has 0 bridgehead atoms. The molecule has 0 saturated carbocycles. The Morgan fingerprint density at radius 3 is 2.36 bits per heavy atom. The van der Waals surface area contributed by atoms with Crippen LogP contribution >= 0.6 is 0 Å². The fraction of sp³-hybridized carbons (Fsp3) is 0.400. The van der Waals surface area contributed by atoms with Gasteiger partial charge in [-0.2, -0.15) is 0 Å². The van der Waals surface area contributed by atoms with Crippen LogP contribution in [0.2, 0.25) is 0 Å². The van der Waals surface area contributed by atoms with Gasteiger partial charge >= 0.3 is 0 Å². The predicted molar refractivity (Wildman–Crippen MR) is 57.0 cm³/mol. The molecule has 0 aliphatic rings. The first-order valence-corrected chi connectivity index (χ1v) is 6.07. The summed E-state index contributed by atoms with van der Waals surface area (Å²) < 4.78 is 23.8. The van der Waals surface area contributed by atoms with Crippen molar-refractivity contribution < 1.29 is 8.42 Å². The van der Waals surface area contributed by atoms with Crippen molar-refractivity contribution in [3.05, 3.63) is 30.3 Å². The molecule has 1 rings (SSSR count). The number of sulfone groups is 1. The van der Waals surface area contributed by atoms with Crippen molar-refractivity contribution in [2.45, 2.75) is 17.1 Å². The minimum atomic E-state index is -3.16. The summed E-state index contributed by atoms with van der Waals surface area (Å²) in [7, 11) is -1.42. The molecule has 1 N–H and O–H groups in total. The molecule has 0 fully saturated rings. The first kappa shape index (κ1) is 11.2. The summed E-state index contributed by atoms with van der Waals surface area (Å²) in [6.45, 7) is 2.18. The van der Waals surface area contributed by atoms with E-state index in [2.05, 4.69) is 5.32 Å². The van der Waals surface area contributed by atoms with Gasteiger partial charge in [-0.3, -0.25) is 0 Å². The first-order valence-electron chi connectivity index (χ1n) is 4.52. The molecule has 3 nitrogen and oxygen atoms in total. The maximum Gasteiger partial charge on any atom is 0.182 e. The lowest BCUT2D eigenvalue weighted by atomic mass is 10.4. The van der Waals surface area contributed by atoms with E-state index in [1.807, 2.05) is 6.07 Å². The third-order valence-corrected chi connectivity index (χ3v) is 4.25. The third kappa shape index (κ3) is 2.33. The molecule has 0 aliphatic carbocycles. The van der Waals surface area contributed by atoms with Gasteiger partial charge in [0.05, 0.1) is 10.1 Å². The molecule has 1 atom stereocenters. The molecule has 0 saturated heterocycles. The average molecular weight is 213 g/mol. The standard InChI is InChI=1S/C10H15NO2S/c1-9(8-11-2)14(12,13)10-6-4-3-5-7-10/h3-7,9,11H,8H2,1-2H3. The summed E-state index contributed by atoms with van der Waals surface area (Å²) in [4.78, 5) is 0.391. The van der Waals surface area contributed by atoms with Gasteiger partial charge < -0.3 is 5.32 Å². The van der Waals surface area contributed by atoms with Gasteiger partial charge in [0.15, 0.2) is 9.84 Å². The van der Waals surface area contributed by atoms with Crippen LogP contribution in [0.4, 0.5) is 0 Å². The molecule has 0 aliphatic heterocycles. The molecule has 1 aromatic rings. The number of benzene rings is 1. The van der Waals surface area contributed by atoms with Gasteiger partial charge in [-0.25, -0.2) is 8.42 Å². The highest BCUT2D eigenvalue weighted by atomic mass is 32.2. The zero-order chi connectivity index (χ0) is 10.6. The van der Waals surface area contributed by atoms with Crippen LogP contribution in [0.1, 0.15) is 6.92 Å². The van der Waals surface area contributed by atoms with Crippen molar-refractivity contribution >= 4 is 9.84 Å². The molecule has 1 aromatic carbocycles. The van der Waals surface area contributed by atoms with Crippen molar-refractivity contribution in [2.24, 2.45) is 0 Å². The monoisotopic (exact) mass is 213 g/mol. The van der Waals surface area contributed by atoms with Gasteiger partial charge in [-0.15, -0.1) is 0 Å². The first-order chi connectivity index (χ1) is 6.59. The second-order valence-corrected chi connectivity index (χ2v) is 5.59. The van der Waals surface area contributed by atoms with Crippen LogP contribution in [0.5, 0.6) is 0 Å². The van der Waals surface area contributed by atoms with Crippen LogP contribution in [-0.4, -0.2) is 27.3 Å². The number of hydrogen-bond donors (Lipinski definition) is 1. The van der Waals surface area contributed by atoms with Gasteiger partial charge in [-0.1, -0.05) is 18.2 Å². The van der Waals surface area contributed by atoms with E-state index in [1.54, 1.807) is 38.2 Å². The summed E-state index contributed by atoms with van der Waals surface area (Å²) in [6, 6.07) is 8.53. The van der Waals surface area contributed by atoms with E-state index < -0.39 is 15.1 Å². The van der Waals surface area contributed by atoms with E-state index >= 15 is 0 Å². The Balaban J connectivity index is 2.97. The molecular weight excluding hydrogens is 198 g/mol. The van der Waals surface area contributed by atoms with Crippen molar-refractivity contribution in [2.75, 3.05) is 13.6 Å². The second kappa shape index (κ2) is 4.57. The lowest BCUT2D eigenvalue weighted by Crippen LogP contribution is -2.28. The highest BCUT2D eigenvalue weighted by Gasteiger charge is 2.21. The van der Waals surface area contributed by atoms with E-state index in [4.69, 9.17) is 0 Å². The summed E-state index contributed by atoms with van der Waals surface area (Å²) in [5.74, 6) is 0. The molecule has 0 amide bonds. The van der Waals surface area contributed by atoms with Gasteiger partial charge in [-0.05, 0) is 26.1 Å². The van der Waals surface area contributed by atoms with Crippen molar-refractivity contribution in [3.63, 3.8) is 0 Å². The van der Waals surface area contributed by atoms with Crippen molar-refractivity contribution in [3.8, 4) is 0 Å². The largest absolute Gasteiger partial charge is 0.318 e. The lowest BCUT2D eigenvalue weighted by Gasteiger charge is -2.11. The zero-order valence-electron chi connectivity index (χ0n) is 8.40. The van der Waals surface area contributed by atoms with Gasteiger partial charge in [0.1, 0.15) is 0 Å². The topological polar surface area (TPSA) is 46.2 Å². The molecular formula is C10H15NO2S. The Morgan fingerprint density at radius 2 is 1.86 bits per heavy atom. The predicted octanol–water partition coefficient (Wildman–Crippen LogP) is 1.07. The maximum atomic E-state index is 11.9. The van der Waals surface area contributed by atoms with Gasteiger partial charge in [0.25, 0.3) is 0 Å². The van der Waals surface area contributed by atoms with Crippen LogP contribution in [0, 0.1) is 0 Å². The molecule has 0 heterocycles. The molecule has 0 spiro atoms. The minimum Gasteiger partial charge on any atom is -0.318 e. The number of nitrogens with one attached hydrogen (secondary N) is 1. The Bertz CT molecular complexity index is 372. The highest BCUT2D eigenvalue weighted by molar-refractivity contribution is 7.92. The fourth-order valence-electron chi connectivity index (χ4n) is 1.24. The molecule has 4 heteroatoms. The van der Waals surface area contributed by atoms with Crippen LogP contribution in [0.25, 0.3) is 0 Å². The minimum absolute atomic E-state index is 0.391. The van der Waals surface area contributed by atoms with Crippen LogP contribution < -0.4 is 5.32 Å².